The van der Waals surface area contributed by atoms with Crippen LogP contribution in [0.3, 0.4) is 0 Å². The Kier molecular flexibility index (Phi) is 2.95. The van der Waals surface area contributed by atoms with Crippen LogP contribution in [0.4, 0.5) is 0 Å². The molecule has 0 saturated heterocycles. The molecule has 2 heterocycles. The average molecular weight is 283 g/mol. The van der Waals surface area contributed by atoms with Gasteiger partial charge in [0.2, 0.25) is 0 Å². The lowest BCUT2D eigenvalue weighted by Gasteiger charge is -2.09. The third-order valence-corrected chi connectivity index (χ3v) is 4.60. The third-order valence-electron chi connectivity index (χ3n) is 3.14. The van der Waals surface area contributed by atoms with Crippen molar-refractivity contribution >= 4 is 39.1 Å². The molecule has 0 fully saturated rings. The Labute approximate surface area is 113 Å². The van der Waals surface area contributed by atoms with E-state index in [-0.39, 0.29) is 11.9 Å². The number of esters is 1. The highest BCUT2D eigenvalue weighted by Gasteiger charge is 2.34. The first kappa shape index (κ1) is 11.9. The number of ether oxygens (including phenoxy) is 1. The van der Waals surface area contributed by atoms with Crippen LogP contribution in [0.25, 0.3) is 10.2 Å². The fourth-order valence-corrected chi connectivity index (χ4v) is 3.92. The first-order chi connectivity index (χ1) is 8.72. The molecule has 0 amide bonds. The number of aromatic nitrogens is 2. The van der Waals surface area contributed by atoms with E-state index in [1.165, 1.54) is 11.2 Å². The minimum absolute atomic E-state index is 0.170. The van der Waals surface area contributed by atoms with Gasteiger partial charge in [-0.15, -0.1) is 11.3 Å². The molecule has 94 valence electrons. The predicted octanol–water partition coefficient (Wildman–Crippen LogP) is 2.94. The molecule has 0 aliphatic heterocycles. The van der Waals surface area contributed by atoms with Crippen molar-refractivity contribution in [1.82, 2.24) is 9.97 Å². The monoisotopic (exact) mass is 282 g/mol. The van der Waals surface area contributed by atoms with Crippen LogP contribution in [0.2, 0.25) is 5.15 Å². The first-order valence-corrected chi connectivity index (χ1v) is 7.00. The summed E-state index contributed by atoms with van der Waals surface area (Å²) in [6.45, 7) is 2.21. The van der Waals surface area contributed by atoms with Gasteiger partial charge in [-0.3, -0.25) is 4.79 Å². The van der Waals surface area contributed by atoms with Gasteiger partial charge in [0, 0.05) is 4.88 Å². The van der Waals surface area contributed by atoms with E-state index in [4.69, 9.17) is 16.3 Å². The summed E-state index contributed by atoms with van der Waals surface area (Å²) in [4.78, 5) is 22.2. The van der Waals surface area contributed by atoms with Crippen LogP contribution in [0.15, 0.2) is 6.33 Å². The molecule has 0 radical (unpaired) electrons. The van der Waals surface area contributed by atoms with Crippen LogP contribution in [0.1, 0.15) is 29.7 Å². The topological polar surface area (TPSA) is 52.1 Å². The summed E-state index contributed by atoms with van der Waals surface area (Å²) in [5.74, 6) is -0.381. The van der Waals surface area contributed by atoms with E-state index in [1.54, 1.807) is 11.3 Å². The van der Waals surface area contributed by atoms with Crippen molar-refractivity contribution in [2.75, 3.05) is 6.61 Å². The van der Waals surface area contributed by atoms with Crippen molar-refractivity contribution in [3.63, 3.8) is 0 Å². The number of rotatable bonds is 2. The maximum Gasteiger partial charge on any atom is 0.313 e. The summed E-state index contributed by atoms with van der Waals surface area (Å²) in [7, 11) is 0. The second kappa shape index (κ2) is 4.48. The number of hydrogen-bond acceptors (Lipinski definition) is 5. The molecular weight excluding hydrogens is 272 g/mol. The third kappa shape index (κ3) is 1.69. The number of thiophene rings is 1. The smallest absolute Gasteiger partial charge is 0.313 e. The molecule has 6 heteroatoms. The molecule has 0 aromatic carbocycles. The second-order valence-corrected chi connectivity index (χ2v) is 5.57. The number of hydrogen-bond donors (Lipinski definition) is 0. The molecule has 2 aromatic rings. The SMILES string of the molecule is CCOC(=O)[C@@H]1CCc2sc3ncnc(Cl)c3c21. The lowest BCUT2D eigenvalue weighted by molar-refractivity contribution is -0.144. The largest absolute Gasteiger partial charge is 0.466 e. The van der Waals surface area contributed by atoms with Crippen molar-refractivity contribution in [2.24, 2.45) is 0 Å². The summed E-state index contributed by atoms with van der Waals surface area (Å²) in [6, 6.07) is 0. The number of halogens is 1. The Balaban J connectivity index is 2.14. The molecule has 4 nitrogen and oxygen atoms in total. The molecule has 18 heavy (non-hydrogen) atoms. The van der Waals surface area contributed by atoms with Crippen molar-refractivity contribution in [3.05, 3.63) is 21.9 Å². The van der Waals surface area contributed by atoms with E-state index in [1.807, 2.05) is 6.92 Å². The number of nitrogens with zero attached hydrogens (tertiary/aromatic N) is 2. The Morgan fingerprint density at radius 2 is 2.44 bits per heavy atom. The zero-order valence-electron chi connectivity index (χ0n) is 9.77. The highest BCUT2D eigenvalue weighted by atomic mass is 35.5. The predicted molar refractivity (Wildman–Crippen MR) is 70.1 cm³/mol. The quantitative estimate of drug-likeness (QED) is 0.628. The molecule has 0 unspecified atom stereocenters. The zero-order chi connectivity index (χ0) is 12.7. The van der Waals surface area contributed by atoms with Gasteiger partial charge in [0.15, 0.2) is 0 Å². The Bertz CT molecular complexity index is 626. The van der Waals surface area contributed by atoms with Gasteiger partial charge >= 0.3 is 5.97 Å². The van der Waals surface area contributed by atoms with Crippen LogP contribution in [-0.2, 0) is 16.0 Å². The van der Waals surface area contributed by atoms with Crippen LogP contribution < -0.4 is 0 Å². The highest BCUT2D eigenvalue weighted by molar-refractivity contribution is 7.19. The van der Waals surface area contributed by atoms with Crippen molar-refractivity contribution in [2.45, 2.75) is 25.7 Å². The van der Waals surface area contributed by atoms with E-state index in [0.717, 1.165) is 28.6 Å². The summed E-state index contributed by atoms with van der Waals surface area (Å²) in [5, 5.41) is 1.25. The maximum atomic E-state index is 12.0. The zero-order valence-corrected chi connectivity index (χ0v) is 11.3. The minimum atomic E-state index is -0.211. The lowest BCUT2D eigenvalue weighted by atomic mass is 10.0. The van der Waals surface area contributed by atoms with Crippen molar-refractivity contribution in [1.29, 1.82) is 0 Å². The number of carbonyl (C=O) groups excluding carboxylic acids is 1. The van der Waals surface area contributed by atoms with E-state index in [0.29, 0.717) is 11.8 Å². The van der Waals surface area contributed by atoms with Gasteiger partial charge in [0.05, 0.1) is 17.9 Å². The van der Waals surface area contributed by atoms with Gasteiger partial charge in [-0.05, 0) is 25.3 Å². The van der Waals surface area contributed by atoms with Gasteiger partial charge in [0.1, 0.15) is 16.3 Å². The minimum Gasteiger partial charge on any atom is -0.466 e. The molecule has 0 saturated carbocycles. The average Bonchev–Trinajstić information content (AvgIpc) is 2.87. The van der Waals surface area contributed by atoms with Crippen molar-refractivity contribution in [3.8, 4) is 0 Å². The van der Waals surface area contributed by atoms with E-state index < -0.39 is 0 Å². The Morgan fingerprint density at radius 1 is 1.61 bits per heavy atom. The standard InChI is InChI=1S/C12H11ClN2O2S/c1-2-17-12(16)6-3-4-7-8(6)9-10(13)14-5-15-11(9)18-7/h5-6H,2-4H2,1H3/t6-/m1/s1. The summed E-state index contributed by atoms with van der Waals surface area (Å²) < 4.78 is 5.12. The molecule has 3 rings (SSSR count). The van der Waals surface area contributed by atoms with Crippen molar-refractivity contribution < 1.29 is 9.53 Å². The van der Waals surface area contributed by atoms with Crippen LogP contribution in [0, 0.1) is 0 Å². The van der Waals surface area contributed by atoms with E-state index in [2.05, 4.69) is 9.97 Å². The molecular formula is C12H11ClN2O2S. The molecule has 1 aliphatic carbocycles. The van der Waals surface area contributed by atoms with E-state index >= 15 is 0 Å². The maximum absolute atomic E-state index is 12.0. The fourth-order valence-electron chi connectivity index (χ4n) is 2.42. The second-order valence-electron chi connectivity index (χ2n) is 4.13. The van der Waals surface area contributed by atoms with Gasteiger partial charge in [0.25, 0.3) is 0 Å². The summed E-state index contributed by atoms with van der Waals surface area (Å²) in [5.41, 5.74) is 0.985. The van der Waals surface area contributed by atoms with Crippen LogP contribution >= 0.6 is 22.9 Å². The molecule has 2 aromatic heterocycles. The number of aryl methyl sites for hydroxylation is 1. The fraction of sp³-hybridized carbons (Fsp3) is 0.417. The molecule has 1 atom stereocenters. The van der Waals surface area contributed by atoms with Gasteiger partial charge in [-0.2, -0.15) is 0 Å². The summed E-state index contributed by atoms with van der Waals surface area (Å²) in [6.07, 6.45) is 3.13. The molecule has 0 spiro atoms. The molecule has 0 N–H and O–H groups in total. The first-order valence-electron chi connectivity index (χ1n) is 5.80. The van der Waals surface area contributed by atoms with E-state index in [9.17, 15) is 4.79 Å². The summed E-state index contributed by atoms with van der Waals surface area (Å²) >= 11 is 7.73. The van der Waals surface area contributed by atoms with Gasteiger partial charge in [-0.25, -0.2) is 9.97 Å². The van der Waals surface area contributed by atoms with Gasteiger partial charge in [-0.1, -0.05) is 11.6 Å². The lowest BCUT2D eigenvalue weighted by Crippen LogP contribution is -2.13. The van der Waals surface area contributed by atoms with Crippen LogP contribution in [0.5, 0.6) is 0 Å². The Morgan fingerprint density at radius 3 is 3.22 bits per heavy atom. The Hall–Kier alpha value is -1.20. The van der Waals surface area contributed by atoms with Gasteiger partial charge < -0.3 is 4.74 Å². The number of carbonyl (C=O) groups is 1. The van der Waals surface area contributed by atoms with Crippen LogP contribution in [-0.4, -0.2) is 22.5 Å². The molecule has 0 bridgehead atoms. The normalized spacial score (nSPS) is 18.0. The number of fused-ring (bicyclic) bond motifs is 3. The molecule has 1 aliphatic rings. The highest BCUT2D eigenvalue weighted by Crippen LogP contribution is 2.45.